The predicted octanol–water partition coefficient (Wildman–Crippen LogP) is 3.38. The van der Waals surface area contributed by atoms with Crippen LogP contribution in [0.1, 0.15) is 25.7 Å². The van der Waals surface area contributed by atoms with Crippen LogP contribution in [-0.2, 0) is 9.59 Å². The molecule has 2 rings (SSSR count). The summed E-state index contributed by atoms with van der Waals surface area (Å²) in [6, 6.07) is 4.77. The fourth-order valence-corrected chi connectivity index (χ4v) is 3.14. The van der Waals surface area contributed by atoms with Gasteiger partial charge in [-0.15, -0.1) is 0 Å². The van der Waals surface area contributed by atoms with Gasteiger partial charge < -0.3 is 15.2 Å². The molecule has 0 aliphatic heterocycles. The minimum Gasteiger partial charge on any atom is -0.482 e. The Kier molecular flexibility index (Phi) is 6.54. The van der Waals surface area contributed by atoms with Gasteiger partial charge in [0.15, 0.2) is 6.61 Å². The minimum atomic E-state index is -0.786. The van der Waals surface area contributed by atoms with E-state index >= 15 is 0 Å². The van der Waals surface area contributed by atoms with Crippen LogP contribution in [0.15, 0.2) is 18.2 Å². The summed E-state index contributed by atoms with van der Waals surface area (Å²) >= 11 is 11.8. The summed E-state index contributed by atoms with van der Waals surface area (Å²) in [5.41, 5.74) is 0. The number of ether oxygens (including phenoxy) is 1. The van der Waals surface area contributed by atoms with Gasteiger partial charge in [0.1, 0.15) is 5.75 Å². The molecule has 1 aliphatic carbocycles. The van der Waals surface area contributed by atoms with Crippen molar-refractivity contribution < 1.29 is 19.4 Å². The van der Waals surface area contributed by atoms with E-state index in [0.29, 0.717) is 28.8 Å². The first kappa shape index (κ1) is 17.9. The topological polar surface area (TPSA) is 75.6 Å². The molecule has 1 amide bonds. The molecule has 0 heterocycles. The van der Waals surface area contributed by atoms with Crippen molar-refractivity contribution in [1.82, 2.24) is 5.32 Å². The van der Waals surface area contributed by atoms with E-state index in [1.807, 2.05) is 0 Å². The SMILES string of the molecule is O=C(COc1cc(Cl)ccc1Cl)NC[C@@H]1CCCC[C@@H]1C(=O)O. The van der Waals surface area contributed by atoms with Gasteiger partial charge in [-0.1, -0.05) is 36.0 Å². The maximum atomic E-state index is 11.9. The Balaban J connectivity index is 1.80. The first-order valence-corrected chi connectivity index (χ1v) is 8.30. The summed E-state index contributed by atoms with van der Waals surface area (Å²) in [5.74, 6) is -1.16. The van der Waals surface area contributed by atoms with E-state index in [2.05, 4.69) is 5.32 Å². The van der Waals surface area contributed by atoms with E-state index in [4.69, 9.17) is 27.9 Å². The van der Waals surface area contributed by atoms with Gasteiger partial charge in [-0.05, 0) is 30.9 Å². The van der Waals surface area contributed by atoms with Crippen molar-refractivity contribution >= 4 is 35.1 Å². The summed E-state index contributed by atoms with van der Waals surface area (Å²) < 4.78 is 5.35. The standard InChI is InChI=1S/C16H19Cl2NO4/c17-11-5-6-13(18)14(7-11)23-9-15(20)19-8-10-3-1-2-4-12(10)16(21)22/h5-7,10,12H,1-4,8-9H2,(H,19,20)(H,21,22)/t10-,12-/m0/s1. The molecular weight excluding hydrogens is 341 g/mol. The number of halogens is 2. The van der Waals surface area contributed by atoms with Crippen molar-refractivity contribution in [3.63, 3.8) is 0 Å². The average Bonchev–Trinajstić information content (AvgIpc) is 2.54. The highest BCUT2D eigenvalue weighted by atomic mass is 35.5. The van der Waals surface area contributed by atoms with E-state index in [1.165, 1.54) is 0 Å². The first-order valence-electron chi connectivity index (χ1n) is 7.54. The second-order valence-electron chi connectivity index (χ2n) is 5.66. The summed E-state index contributed by atoms with van der Waals surface area (Å²) in [6.07, 6.45) is 3.42. The third-order valence-corrected chi connectivity index (χ3v) is 4.59. The normalized spacial score (nSPS) is 20.8. The molecule has 1 saturated carbocycles. The number of carbonyl (C=O) groups is 2. The molecule has 0 saturated heterocycles. The fraction of sp³-hybridized carbons (Fsp3) is 0.500. The van der Waals surface area contributed by atoms with Crippen LogP contribution in [0.25, 0.3) is 0 Å². The summed E-state index contributed by atoms with van der Waals surface area (Å²) in [6.45, 7) is 0.160. The second-order valence-corrected chi connectivity index (χ2v) is 6.50. The Morgan fingerprint density at radius 1 is 1.26 bits per heavy atom. The highest BCUT2D eigenvalue weighted by Gasteiger charge is 2.30. The van der Waals surface area contributed by atoms with Gasteiger partial charge in [-0.25, -0.2) is 0 Å². The number of rotatable bonds is 6. The van der Waals surface area contributed by atoms with E-state index in [1.54, 1.807) is 18.2 Å². The quantitative estimate of drug-likeness (QED) is 0.816. The lowest BCUT2D eigenvalue weighted by molar-refractivity contribution is -0.145. The van der Waals surface area contributed by atoms with Crippen LogP contribution >= 0.6 is 23.2 Å². The lowest BCUT2D eigenvalue weighted by atomic mass is 9.79. The van der Waals surface area contributed by atoms with Crippen molar-refractivity contribution in [2.45, 2.75) is 25.7 Å². The Bertz CT molecular complexity index is 579. The lowest BCUT2D eigenvalue weighted by Gasteiger charge is -2.28. The van der Waals surface area contributed by atoms with E-state index in [-0.39, 0.29) is 24.3 Å². The zero-order valence-electron chi connectivity index (χ0n) is 12.6. The van der Waals surface area contributed by atoms with Crippen molar-refractivity contribution in [3.8, 4) is 5.75 Å². The summed E-state index contributed by atoms with van der Waals surface area (Å²) in [5, 5.41) is 12.8. The largest absolute Gasteiger partial charge is 0.482 e. The van der Waals surface area contributed by atoms with Gasteiger partial charge >= 0.3 is 5.97 Å². The van der Waals surface area contributed by atoms with Crippen molar-refractivity contribution in [3.05, 3.63) is 28.2 Å². The van der Waals surface area contributed by atoms with Crippen LogP contribution in [0.2, 0.25) is 10.0 Å². The molecular formula is C16H19Cl2NO4. The molecule has 0 radical (unpaired) electrons. The van der Waals surface area contributed by atoms with Crippen LogP contribution in [0.5, 0.6) is 5.75 Å². The minimum absolute atomic E-state index is 0.0278. The number of benzene rings is 1. The molecule has 1 aliphatic rings. The average molecular weight is 360 g/mol. The van der Waals surface area contributed by atoms with Gasteiger partial charge in [0.2, 0.25) is 0 Å². The summed E-state index contributed by atoms with van der Waals surface area (Å²) in [4.78, 5) is 23.1. The van der Waals surface area contributed by atoms with E-state index in [9.17, 15) is 14.7 Å². The van der Waals surface area contributed by atoms with Crippen molar-refractivity contribution in [1.29, 1.82) is 0 Å². The summed E-state index contributed by atoms with van der Waals surface area (Å²) in [7, 11) is 0. The van der Waals surface area contributed by atoms with Gasteiger partial charge in [0, 0.05) is 17.6 Å². The number of nitrogens with one attached hydrogen (secondary N) is 1. The smallest absolute Gasteiger partial charge is 0.306 e. The molecule has 1 aromatic carbocycles. The van der Waals surface area contributed by atoms with Crippen molar-refractivity contribution in [2.75, 3.05) is 13.2 Å². The van der Waals surface area contributed by atoms with Crippen LogP contribution in [0.4, 0.5) is 0 Å². The number of carboxylic acids is 1. The van der Waals surface area contributed by atoms with Gasteiger partial charge in [0.05, 0.1) is 10.9 Å². The monoisotopic (exact) mass is 359 g/mol. The van der Waals surface area contributed by atoms with Crippen molar-refractivity contribution in [2.24, 2.45) is 11.8 Å². The number of hydrogen-bond acceptors (Lipinski definition) is 3. The molecule has 0 aromatic heterocycles. The van der Waals surface area contributed by atoms with Gasteiger partial charge in [-0.2, -0.15) is 0 Å². The molecule has 5 nitrogen and oxygen atoms in total. The van der Waals surface area contributed by atoms with E-state index < -0.39 is 5.97 Å². The molecule has 2 atom stereocenters. The Morgan fingerprint density at radius 2 is 2.00 bits per heavy atom. The number of carbonyl (C=O) groups excluding carboxylic acids is 1. The maximum absolute atomic E-state index is 11.9. The van der Waals surface area contributed by atoms with E-state index in [0.717, 1.165) is 19.3 Å². The number of amides is 1. The van der Waals surface area contributed by atoms with Gasteiger partial charge in [-0.3, -0.25) is 9.59 Å². The molecule has 2 N–H and O–H groups in total. The zero-order valence-corrected chi connectivity index (χ0v) is 14.1. The molecule has 1 aromatic rings. The lowest BCUT2D eigenvalue weighted by Crippen LogP contribution is -2.38. The molecule has 0 bridgehead atoms. The van der Waals surface area contributed by atoms with Crippen LogP contribution in [0, 0.1) is 11.8 Å². The molecule has 1 fully saturated rings. The highest BCUT2D eigenvalue weighted by molar-refractivity contribution is 6.34. The van der Waals surface area contributed by atoms with Gasteiger partial charge in [0.25, 0.3) is 5.91 Å². The fourth-order valence-electron chi connectivity index (χ4n) is 2.80. The molecule has 7 heteroatoms. The van der Waals surface area contributed by atoms with Crippen LogP contribution in [-0.4, -0.2) is 30.1 Å². The van der Waals surface area contributed by atoms with Crippen LogP contribution in [0.3, 0.4) is 0 Å². The molecule has 0 spiro atoms. The zero-order chi connectivity index (χ0) is 16.8. The Labute approximate surface area is 144 Å². The Morgan fingerprint density at radius 3 is 2.74 bits per heavy atom. The third kappa shape index (κ3) is 5.29. The number of carboxylic acid groups (broad SMARTS) is 1. The highest BCUT2D eigenvalue weighted by Crippen LogP contribution is 2.30. The second kappa shape index (κ2) is 8.41. The first-order chi connectivity index (χ1) is 11.0. The molecule has 0 unspecified atom stereocenters. The number of aliphatic carboxylic acids is 1. The third-order valence-electron chi connectivity index (χ3n) is 4.04. The number of hydrogen-bond donors (Lipinski definition) is 2. The molecule has 126 valence electrons. The maximum Gasteiger partial charge on any atom is 0.306 e. The predicted molar refractivity (Wildman–Crippen MR) is 88.1 cm³/mol. The molecule has 23 heavy (non-hydrogen) atoms. The van der Waals surface area contributed by atoms with Crippen LogP contribution < -0.4 is 10.1 Å². The Hall–Kier alpha value is -1.46.